The van der Waals surface area contributed by atoms with E-state index >= 15 is 0 Å². The number of halogens is 1. The minimum absolute atomic E-state index is 0.102. The summed E-state index contributed by atoms with van der Waals surface area (Å²) in [4.78, 5) is 14.5. The quantitative estimate of drug-likeness (QED) is 0.861. The number of ether oxygens (including phenoxy) is 1. The lowest BCUT2D eigenvalue weighted by Gasteiger charge is -2.31. The van der Waals surface area contributed by atoms with E-state index in [9.17, 15) is 13.2 Å². The maximum atomic E-state index is 12.6. The summed E-state index contributed by atoms with van der Waals surface area (Å²) in [6, 6.07) is 1.40. The van der Waals surface area contributed by atoms with Crippen molar-refractivity contribution >= 4 is 27.6 Å². The normalized spacial score (nSPS) is 17.5. The lowest BCUT2D eigenvalue weighted by Crippen LogP contribution is -2.41. The van der Waals surface area contributed by atoms with Crippen LogP contribution in [-0.4, -0.2) is 54.6 Å². The number of hydrogen-bond acceptors (Lipinski definition) is 5. The third-order valence-electron chi connectivity index (χ3n) is 3.47. The lowest BCUT2D eigenvalue weighted by atomic mass is 10.1. The zero-order valence-electron chi connectivity index (χ0n) is 12.0. The first-order chi connectivity index (χ1) is 10.3. The fourth-order valence-corrected chi connectivity index (χ4v) is 4.21. The molecule has 1 N–H and O–H groups in total. The second-order valence-electron chi connectivity index (χ2n) is 5.05. The van der Waals surface area contributed by atoms with E-state index in [-0.39, 0.29) is 35.7 Å². The third-order valence-corrected chi connectivity index (χ3v) is 5.69. The van der Waals surface area contributed by atoms with E-state index in [1.807, 2.05) is 0 Å². The summed E-state index contributed by atoms with van der Waals surface area (Å²) >= 11 is 5.83. The summed E-state index contributed by atoms with van der Waals surface area (Å²) in [5, 5.41) is 8.85. The van der Waals surface area contributed by atoms with Crippen molar-refractivity contribution in [1.82, 2.24) is 9.29 Å². The number of carbonyl (C=O) groups is 1. The van der Waals surface area contributed by atoms with Gasteiger partial charge >= 0.3 is 5.97 Å². The van der Waals surface area contributed by atoms with Crippen LogP contribution in [0.5, 0.6) is 0 Å². The van der Waals surface area contributed by atoms with E-state index < -0.39 is 16.0 Å². The van der Waals surface area contributed by atoms with Gasteiger partial charge in [0.2, 0.25) is 10.0 Å². The van der Waals surface area contributed by atoms with Gasteiger partial charge in [-0.15, -0.1) is 0 Å². The van der Waals surface area contributed by atoms with Gasteiger partial charge in [-0.2, -0.15) is 4.31 Å². The molecule has 2 rings (SSSR count). The first-order valence-electron chi connectivity index (χ1n) is 6.76. The Morgan fingerprint density at radius 3 is 2.73 bits per heavy atom. The zero-order chi connectivity index (χ0) is 16.3. The number of sulfonamides is 1. The molecule has 0 amide bonds. The van der Waals surface area contributed by atoms with E-state index in [1.165, 1.54) is 16.6 Å². The molecule has 9 heteroatoms. The Morgan fingerprint density at radius 1 is 1.50 bits per heavy atom. The molecule has 22 heavy (non-hydrogen) atoms. The smallest absolute Gasteiger partial charge is 0.329 e. The summed E-state index contributed by atoms with van der Waals surface area (Å²) in [5.74, 6) is -1.03. The fraction of sp³-hybridized carbons (Fsp3) is 0.538. The summed E-state index contributed by atoms with van der Waals surface area (Å²) < 4.78 is 31.8. The molecule has 0 bridgehead atoms. The first kappa shape index (κ1) is 17.1. The number of hydrogen-bond donors (Lipinski definition) is 1. The van der Waals surface area contributed by atoms with Crippen LogP contribution < -0.4 is 0 Å². The Balaban J connectivity index is 2.06. The van der Waals surface area contributed by atoms with E-state index in [2.05, 4.69) is 4.98 Å². The minimum Gasteiger partial charge on any atom is -0.480 e. The fourth-order valence-electron chi connectivity index (χ4n) is 2.32. The highest BCUT2D eigenvalue weighted by molar-refractivity contribution is 7.89. The van der Waals surface area contributed by atoms with Crippen LogP contribution in [0.15, 0.2) is 17.2 Å². The van der Waals surface area contributed by atoms with Gasteiger partial charge in [-0.05, 0) is 25.8 Å². The summed E-state index contributed by atoms with van der Waals surface area (Å²) in [6.45, 7) is 1.80. The van der Waals surface area contributed by atoms with Gasteiger partial charge in [-0.3, -0.25) is 4.98 Å². The topological polar surface area (TPSA) is 96.8 Å². The maximum Gasteiger partial charge on any atom is 0.329 e. The van der Waals surface area contributed by atoms with Crippen LogP contribution in [0, 0.1) is 6.92 Å². The molecular weight excluding hydrogens is 332 g/mol. The van der Waals surface area contributed by atoms with Gasteiger partial charge in [0.15, 0.2) is 0 Å². The maximum absolute atomic E-state index is 12.6. The van der Waals surface area contributed by atoms with E-state index in [0.717, 1.165) is 0 Å². The number of carboxylic acids is 1. The predicted octanol–water partition coefficient (Wildman–Crippen LogP) is 1.30. The van der Waals surface area contributed by atoms with Crippen molar-refractivity contribution in [3.63, 3.8) is 0 Å². The molecule has 0 aliphatic carbocycles. The molecule has 2 heterocycles. The van der Waals surface area contributed by atoms with Crippen LogP contribution in [0.3, 0.4) is 0 Å². The summed E-state index contributed by atoms with van der Waals surface area (Å²) in [6.07, 6.45) is 2.09. The molecule has 1 aromatic heterocycles. The van der Waals surface area contributed by atoms with Gasteiger partial charge in [0, 0.05) is 19.3 Å². The Kier molecular flexibility index (Phi) is 5.38. The average molecular weight is 349 g/mol. The lowest BCUT2D eigenvalue weighted by molar-refractivity contribution is -0.145. The number of pyridine rings is 1. The average Bonchev–Trinajstić information content (AvgIpc) is 2.48. The van der Waals surface area contributed by atoms with Crippen LogP contribution >= 0.6 is 11.6 Å². The highest BCUT2D eigenvalue weighted by atomic mass is 35.5. The summed E-state index contributed by atoms with van der Waals surface area (Å²) in [5.41, 5.74) is 0.397. The molecular formula is C13H17ClN2O5S. The Labute approximate surface area is 133 Å². The molecule has 0 unspecified atom stereocenters. The molecule has 0 aromatic carbocycles. The molecule has 7 nitrogen and oxygen atoms in total. The number of carboxylic acid groups (broad SMARTS) is 1. The number of aromatic nitrogens is 1. The highest BCUT2D eigenvalue weighted by Gasteiger charge is 2.31. The standard InChI is InChI=1S/C13H17ClN2O5S/c1-9-12(6-10(14)7-15-9)22(19,20)16-4-2-11(3-5-16)21-8-13(17)18/h6-7,11H,2-5,8H2,1H3,(H,17,18). The van der Waals surface area contributed by atoms with E-state index in [1.54, 1.807) is 6.92 Å². The van der Waals surface area contributed by atoms with E-state index in [0.29, 0.717) is 18.5 Å². The van der Waals surface area contributed by atoms with Crippen molar-refractivity contribution in [3.05, 3.63) is 23.0 Å². The number of aliphatic carboxylic acids is 1. The Morgan fingerprint density at radius 2 is 2.14 bits per heavy atom. The van der Waals surface area contributed by atoms with Gasteiger partial charge in [-0.25, -0.2) is 13.2 Å². The van der Waals surface area contributed by atoms with Gasteiger partial charge < -0.3 is 9.84 Å². The third kappa shape index (κ3) is 3.95. The first-order valence-corrected chi connectivity index (χ1v) is 8.58. The van der Waals surface area contributed by atoms with Crippen molar-refractivity contribution in [2.24, 2.45) is 0 Å². The van der Waals surface area contributed by atoms with Gasteiger partial charge in [-0.1, -0.05) is 11.6 Å². The van der Waals surface area contributed by atoms with Crippen LogP contribution in [-0.2, 0) is 19.6 Å². The van der Waals surface area contributed by atoms with Crippen molar-refractivity contribution < 1.29 is 23.1 Å². The molecule has 1 saturated heterocycles. The summed E-state index contributed by atoms with van der Waals surface area (Å²) in [7, 11) is -3.66. The molecule has 0 saturated carbocycles. The second-order valence-corrected chi connectivity index (χ2v) is 7.39. The number of piperidine rings is 1. The zero-order valence-corrected chi connectivity index (χ0v) is 13.6. The molecule has 0 spiro atoms. The minimum atomic E-state index is -3.66. The van der Waals surface area contributed by atoms with Gasteiger partial charge in [0.25, 0.3) is 0 Å². The van der Waals surface area contributed by atoms with Crippen molar-refractivity contribution in [2.45, 2.75) is 30.8 Å². The van der Waals surface area contributed by atoms with Crippen molar-refractivity contribution in [2.75, 3.05) is 19.7 Å². The van der Waals surface area contributed by atoms with Crippen LogP contribution in [0.1, 0.15) is 18.5 Å². The van der Waals surface area contributed by atoms with Crippen LogP contribution in [0.4, 0.5) is 0 Å². The highest BCUT2D eigenvalue weighted by Crippen LogP contribution is 2.25. The Bertz CT molecular complexity index is 656. The number of aryl methyl sites for hydroxylation is 1. The number of nitrogens with zero attached hydrogens (tertiary/aromatic N) is 2. The van der Waals surface area contributed by atoms with E-state index in [4.69, 9.17) is 21.4 Å². The van der Waals surface area contributed by atoms with Crippen molar-refractivity contribution in [3.8, 4) is 0 Å². The monoisotopic (exact) mass is 348 g/mol. The molecule has 1 aliphatic rings. The molecule has 1 aliphatic heterocycles. The number of rotatable bonds is 5. The molecule has 122 valence electrons. The second kappa shape index (κ2) is 6.91. The Hall–Kier alpha value is -1.22. The van der Waals surface area contributed by atoms with Crippen LogP contribution in [0.25, 0.3) is 0 Å². The largest absolute Gasteiger partial charge is 0.480 e. The van der Waals surface area contributed by atoms with Gasteiger partial charge in [0.1, 0.15) is 11.5 Å². The van der Waals surface area contributed by atoms with Gasteiger partial charge in [0.05, 0.1) is 16.8 Å². The molecule has 1 aromatic rings. The molecule has 0 atom stereocenters. The predicted molar refractivity (Wildman–Crippen MR) is 79.4 cm³/mol. The van der Waals surface area contributed by atoms with Crippen LogP contribution in [0.2, 0.25) is 5.02 Å². The molecule has 0 radical (unpaired) electrons. The van der Waals surface area contributed by atoms with Crippen molar-refractivity contribution in [1.29, 1.82) is 0 Å². The SMILES string of the molecule is Cc1ncc(Cl)cc1S(=O)(=O)N1CCC(OCC(=O)O)CC1. The molecule has 1 fully saturated rings.